The van der Waals surface area contributed by atoms with Crippen molar-refractivity contribution in [3.05, 3.63) is 41.2 Å². The molecule has 3 rings (SSSR count). The summed E-state index contributed by atoms with van der Waals surface area (Å²) >= 11 is 1.18. The number of alkyl halides is 3. The number of benzene rings is 1. The third-order valence-corrected chi connectivity index (χ3v) is 5.09. The zero-order chi connectivity index (χ0) is 21.0. The molecule has 29 heavy (non-hydrogen) atoms. The van der Waals surface area contributed by atoms with E-state index in [0.29, 0.717) is 42.8 Å². The molecule has 0 atom stereocenters. The Kier molecular flexibility index (Phi) is 6.63. The van der Waals surface area contributed by atoms with Gasteiger partial charge in [-0.25, -0.2) is 9.97 Å². The zero-order valence-corrected chi connectivity index (χ0v) is 16.9. The zero-order valence-electron chi connectivity index (χ0n) is 16.0. The molecule has 1 aromatic heterocycles. The number of carbonyl (C=O) groups is 1. The number of aryl methyl sites for hydroxylation is 2. The minimum atomic E-state index is -4.46. The maximum atomic E-state index is 13.2. The third-order valence-electron chi connectivity index (χ3n) is 4.25. The second kappa shape index (κ2) is 9.00. The molecule has 156 valence electrons. The molecule has 0 bridgehead atoms. The molecule has 1 aliphatic rings. The Morgan fingerprint density at radius 3 is 2.45 bits per heavy atom. The first-order valence-electron chi connectivity index (χ1n) is 9.01. The van der Waals surface area contributed by atoms with Crippen molar-refractivity contribution in [2.24, 2.45) is 0 Å². The standard InChI is InChI=1S/C19H21F3N4O2S/c1-12-9-13(2)24-18(23-12)29-11-17(27)25-15-4-3-14(19(20,21)22)10-16(15)26-5-7-28-8-6-26/h3-4,9-10H,5-8,11H2,1-2H3,(H,25,27). The second-order valence-electron chi connectivity index (χ2n) is 6.60. The van der Waals surface area contributed by atoms with Gasteiger partial charge in [0.15, 0.2) is 5.16 Å². The summed E-state index contributed by atoms with van der Waals surface area (Å²) in [6.45, 7) is 5.43. The fourth-order valence-electron chi connectivity index (χ4n) is 2.95. The molecule has 1 N–H and O–H groups in total. The second-order valence-corrected chi connectivity index (χ2v) is 7.54. The van der Waals surface area contributed by atoms with E-state index in [-0.39, 0.29) is 11.7 Å². The van der Waals surface area contributed by atoms with E-state index < -0.39 is 11.7 Å². The molecule has 10 heteroatoms. The monoisotopic (exact) mass is 426 g/mol. The molecule has 0 spiro atoms. The lowest BCUT2D eigenvalue weighted by Gasteiger charge is -2.31. The lowest BCUT2D eigenvalue weighted by molar-refractivity contribution is -0.137. The van der Waals surface area contributed by atoms with Gasteiger partial charge in [0.05, 0.1) is 35.9 Å². The quantitative estimate of drug-likeness (QED) is 0.581. The van der Waals surface area contributed by atoms with Gasteiger partial charge in [0, 0.05) is 24.5 Å². The van der Waals surface area contributed by atoms with Gasteiger partial charge in [-0.1, -0.05) is 11.8 Å². The fourth-order valence-corrected chi connectivity index (χ4v) is 3.70. The molecule has 1 aliphatic heterocycles. The molecule has 1 aromatic carbocycles. The van der Waals surface area contributed by atoms with E-state index in [1.807, 2.05) is 19.9 Å². The van der Waals surface area contributed by atoms with Crippen LogP contribution in [-0.2, 0) is 15.7 Å². The summed E-state index contributed by atoms with van der Waals surface area (Å²) in [6, 6.07) is 5.17. The van der Waals surface area contributed by atoms with Crippen molar-refractivity contribution < 1.29 is 22.7 Å². The molecule has 0 saturated carbocycles. The topological polar surface area (TPSA) is 67.4 Å². The number of hydrogen-bond acceptors (Lipinski definition) is 6. The summed E-state index contributed by atoms with van der Waals surface area (Å²) < 4.78 is 44.7. The predicted octanol–water partition coefficient (Wildman–Crippen LogP) is 3.68. The first-order chi connectivity index (χ1) is 13.7. The average molecular weight is 426 g/mol. The summed E-state index contributed by atoms with van der Waals surface area (Å²) in [7, 11) is 0. The number of nitrogens with zero attached hydrogens (tertiary/aromatic N) is 3. The van der Waals surface area contributed by atoms with Crippen molar-refractivity contribution >= 4 is 29.0 Å². The van der Waals surface area contributed by atoms with E-state index in [9.17, 15) is 18.0 Å². The smallest absolute Gasteiger partial charge is 0.378 e. The number of rotatable bonds is 5. The highest BCUT2D eigenvalue weighted by Crippen LogP contribution is 2.36. The van der Waals surface area contributed by atoms with Crippen LogP contribution < -0.4 is 10.2 Å². The molecule has 1 saturated heterocycles. The number of amides is 1. The largest absolute Gasteiger partial charge is 0.416 e. The maximum Gasteiger partial charge on any atom is 0.416 e. The van der Waals surface area contributed by atoms with Crippen LogP contribution in [0.4, 0.5) is 24.5 Å². The van der Waals surface area contributed by atoms with Gasteiger partial charge in [-0.2, -0.15) is 13.2 Å². The Morgan fingerprint density at radius 2 is 1.83 bits per heavy atom. The van der Waals surface area contributed by atoms with Crippen LogP contribution >= 0.6 is 11.8 Å². The molecule has 0 aliphatic carbocycles. The minimum Gasteiger partial charge on any atom is -0.378 e. The highest BCUT2D eigenvalue weighted by molar-refractivity contribution is 7.99. The number of anilines is 2. The number of hydrogen-bond donors (Lipinski definition) is 1. The van der Waals surface area contributed by atoms with Crippen LogP contribution in [-0.4, -0.2) is 47.9 Å². The molecule has 2 heterocycles. The van der Waals surface area contributed by atoms with Gasteiger partial charge < -0.3 is 15.0 Å². The van der Waals surface area contributed by atoms with Crippen molar-refractivity contribution in [2.75, 3.05) is 42.3 Å². The number of ether oxygens (including phenoxy) is 1. The molecular weight excluding hydrogens is 405 g/mol. The molecule has 1 fully saturated rings. The Morgan fingerprint density at radius 1 is 1.17 bits per heavy atom. The van der Waals surface area contributed by atoms with Gasteiger partial charge in [0.1, 0.15) is 0 Å². The Bertz CT molecular complexity index is 866. The van der Waals surface area contributed by atoms with Crippen LogP contribution in [0.25, 0.3) is 0 Å². The number of carbonyl (C=O) groups excluding carboxylic acids is 1. The summed E-state index contributed by atoms with van der Waals surface area (Å²) in [5.74, 6) is -0.293. The van der Waals surface area contributed by atoms with Crippen LogP contribution in [0.1, 0.15) is 17.0 Å². The van der Waals surface area contributed by atoms with Crippen molar-refractivity contribution in [3.8, 4) is 0 Å². The number of thioether (sulfide) groups is 1. The Balaban J connectivity index is 1.75. The molecule has 0 radical (unpaired) electrons. The SMILES string of the molecule is Cc1cc(C)nc(SCC(=O)Nc2ccc(C(F)(F)F)cc2N2CCOCC2)n1. The van der Waals surface area contributed by atoms with E-state index >= 15 is 0 Å². The Labute approximate surface area is 170 Å². The van der Waals surface area contributed by atoms with Gasteiger partial charge in [-0.3, -0.25) is 4.79 Å². The lowest BCUT2D eigenvalue weighted by atomic mass is 10.1. The lowest BCUT2D eigenvalue weighted by Crippen LogP contribution is -2.37. The number of nitrogens with one attached hydrogen (secondary N) is 1. The van der Waals surface area contributed by atoms with Crippen molar-refractivity contribution in [3.63, 3.8) is 0 Å². The maximum absolute atomic E-state index is 13.2. The van der Waals surface area contributed by atoms with Crippen LogP contribution in [0.5, 0.6) is 0 Å². The molecule has 1 amide bonds. The van der Waals surface area contributed by atoms with Crippen LogP contribution in [0.2, 0.25) is 0 Å². The number of aromatic nitrogens is 2. The highest BCUT2D eigenvalue weighted by atomic mass is 32.2. The van der Waals surface area contributed by atoms with Crippen LogP contribution in [0.15, 0.2) is 29.4 Å². The van der Waals surface area contributed by atoms with Gasteiger partial charge >= 0.3 is 6.18 Å². The predicted molar refractivity (Wildman–Crippen MR) is 105 cm³/mol. The molecule has 6 nitrogen and oxygen atoms in total. The summed E-state index contributed by atoms with van der Waals surface area (Å²) in [4.78, 5) is 22.7. The minimum absolute atomic E-state index is 0.0481. The van der Waals surface area contributed by atoms with Crippen molar-refractivity contribution in [1.29, 1.82) is 0 Å². The van der Waals surface area contributed by atoms with Gasteiger partial charge in [0.2, 0.25) is 5.91 Å². The van der Waals surface area contributed by atoms with Crippen LogP contribution in [0, 0.1) is 13.8 Å². The first kappa shape index (κ1) is 21.4. The van der Waals surface area contributed by atoms with E-state index in [2.05, 4.69) is 15.3 Å². The molecule has 2 aromatic rings. The first-order valence-corrected chi connectivity index (χ1v) is 10.00. The Hall–Kier alpha value is -2.33. The van der Waals surface area contributed by atoms with E-state index in [1.54, 1.807) is 4.90 Å². The molecule has 0 unspecified atom stereocenters. The summed E-state index contributed by atoms with van der Waals surface area (Å²) in [6.07, 6.45) is -4.46. The summed E-state index contributed by atoms with van der Waals surface area (Å²) in [5, 5.41) is 3.21. The van der Waals surface area contributed by atoms with E-state index in [4.69, 9.17) is 4.74 Å². The number of halogens is 3. The van der Waals surface area contributed by atoms with Crippen molar-refractivity contribution in [1.82, 2.24) is 9.97 Å². The van der Waals surface area contributed by atoms with Gasteiger partial charge in [-0.15, -0.1) is 0 Å². The fraction of sp³-hybridized carbons (Fsp3) is 0.421. The van der Waals surface area contributed by atoms with Crippen LogP contribution in [0.3, 0.4) is 0 Å². The highest BCUT2D eigenvalue weighted by Gasteiger charge is 2.32. The molecular formula is C19H21F3N4O2S. The van der Waals surface area contributed by atoms with E-state index in [1.165, 1.54) is 17.8 Å². The van der Waals surface area contributed by atoms with Crippen molar-refractivity contribution in [2.45, 2.75) is 25.2 Å². The van der Waals surface area contributed by atoms with E-state index in [0.717, 1.165) is 23.5 Å². The average Bonchev–Trinajstić information content (AvgIpc) is 2.66. The normalized spacial score (nSPS) is 14.7. The third kappa shape index (κ3) is 5.83. The van der Waals surface area contributed by atoms with Gasteiger partial charge in [0.25, 0.3) is 0 Å². The van der Waals surface area contributed by atoms with Gasteiger partial charge in [-0.05, 0) is 38.1 Å². The summed E-state index contributed by atoms with van der Waals surface area (Å²) in [5.41, 5.74) is 1.53. The number of morpholine rings is 1.